The van der Waals surface area contributed by atoms with Gasteiger partial charge in [0.25, 0.3) is 0 Å². The van der Waals surface area contributed by atoms with Gasteiger partial charge in [-0.2, -0.15) is 0 Å². The normalized spacial score (nSPS) is 18.2. The van der Waals surface area contributed by atoms with Crippen LogP contribution in [0.25, 0.3) is 10.1 Å². The molecule has 0 amide bonds. The highest BCUT2D eigenvalue weighted by atomic mass is 32.1. The van der Waals surface area contributed by atoms with Crippen molar-refractivity contribution in [3.05, 3.63) is 35.2 Å². The fourth-order valence-corrected chi connectivity index (χ4v) is 3.81. The Morgan fingerprint density at radius 2 is 1.89 bits per heavy atom. The van der Waals surface area contributed by atoms with E-state index in [2.05, 4.69) is 47.2 Å². The fraction of sp³-hybridized carbons (Fsp3) is 0.500. The third-order valence-electron chi connectivity index (χ3n) is 3.97. The Hall–Kier alpha value is -0.900. The first kappa shape index (κ1) is 13.1. The lowest BCUT2D eigenvalue weighted by Gasteiger charge is -2.32. The lowest BCUT2D eigenvalue weighted by Crippen LogP contribution is -2.44. The summed E-state index contributed by atoms with van der Waals surface area (Å²) in [7, 11) is 2.22. The molecule has 0 radical (unpaired) electrons. The van der Waals surface area contributed by atoms with E-state index >= 15 is 0 Å². The molecule has 19 heavy (non-hydrogen) atoms. The van der Waals surface area contributed by atoms with E-state index in [0.29, 0.717) is 0 Å². The van der Waals surface area contributed by atoms with Gasteiger partial charge in [-0.3, -0.25) is 0 Å². The van der Waals surface area contributed by atoms with Crippen LogP contribution in [0.15, 0.2) is 30.3 Å². The smallest absolute Gasteiger partial charge is 0.0345 e. The van der Waals surface area contributed by atoms with Crippen LogP contribution in [-0.4, -0.2) is 49.6 Å². The molecule has 1 aliphatic heterocycles. The summed E-state index contributed by atoms with van der Waals surface area (Å²) in [5.41, 5.74) is 0. The van der Waals surface area contributed by atoms with Gasteiger partial charge in [-0.1, -0.05) is 18.2 Å². The Morgan fingerprint density at radius 3 is 2.68 bits per heavy atom. The largest absolute Gasteiger partial charge is 0.304 e. The first-order valence-electron chi connectivity index (χ1n) is 7.19. The van der Waals surface area contributed by atoms with E-state index in [-0.39, 0.29) is 0 Å². The molecule has 3 rings (SSSR count). The quantitative estimate of drug-likeness (QED) is 0.845. The average Bonchev–Trinajstić information content (AvgIpc) is 2.83. The minimum absolute atomic E-state index is 1.23. The van der Waals surface area contributed by atoms with Gasteiger partial charge in [0.05, 0.1) is 0 Å². The number of piperazine rings is 1. The molecular weight excluding hydrogens is 252 g/mol. The summed E-state index contributed by atoms with van der Waals surface area (Å²) in [6.45, 7) is 6.18. The molecule has 0 N–H and O–H groups in total. The zero-order valence-electron chi connectivity index (χ0n) is 11.6. The van der Waals surface area contributed by atoms with Crippen molar-refractivity contribution in [1.82, 2.24) is 9.80 Å². The second-order valence-electron chi connectivity index (χ2n) is 5.50. The average molecular weight is 274 g/mol. The van der Waals surface area contributed by atoms with Gasteiger partial charge in [-0.05, 0) is 44.0 Å². The summed E-state index contributed by atoms with van der Waals surface area (Å²) >= 11 is 1.96. The van der Waals surface area contributed by atoms with Crippen LogP contribution in [0.5, 0.6) is 0 Å². The number of fused-ring (bicyclic) bond motifs is 1. The summed E-state index contributed by atoms with van der Waals surface area (Å²) in [5, 5.41) is 1.40. The van der Waals surface area contributed by atoms with Crippen LogP contribution in [0.4, 0.5) is 0 Å². The van der Waals surface area contributed by atoms with Crippen LogP contribution in [0.2, 0.25) is 0 Å². The molecule has 2 nitrogen and oxygen atoms in total. The van der Waals surface area contributed by atoms with Crippen LogP contribution >= 0.6 is 11.3 Å². The van der Waals surface area contributed by atoms with E-state index in [4.69, 9.17) is 0 Å². The van der Waals surface area contributed by atoms with Gasteiger partial charge in [0.2, 0.25) is 0 Å². The standard InChI is InChI=1S/C16H22N2S/c1-17-9-11-18(12-10-17)8-4-6-15-13-14-5-2-3-7-16(14)19-15/h2-3,5,7,13H,4,6,8-12H2,1H3. The topological polar surface area (TPSA) is 6.48 Å². The second-order valence-corrected chi connectivity index (χ2v) is 6.67. The lowest BCUT2D eigenvalue weighted by atomic mass is 10.2. The van der Waals surface area contributed by atoms with Gasteiger partial charge >= 0.3 is 0 Å². The van der Waals surface area contributed by atoms with E-state index in [9.17, 15) is 0 Å². The highest BCUT2D eigenvalue weighted by molar-refractivity contribution is 7.19. The third-order valence-corrected chi connectivity index (χ3v) is 5.15. The molecule has 0 atom stereocenters. The molecule has 1 saturated heterocycles. The molecule has 2 heterocycles. The molecule has 0 spiro atoms. The zero-order chi connectivity index (χ0) is 13.1. The summed E-state index contributed by atoms with van der Waals surface area (Å²) in [4.78, 5) is 6.56. The summed E-state index contributed by atoms with van der Waals surface area (Å²) < 4.78 is 1.43. The maximum atomic E-state index is 2.60. The summed E-state index contributed by atoms with van der Waals surface area (Å²) in [5.74, 6) is 0. The highest BCUT2D eigenvalue weighted by Gasteiger charge is 2.13. The predicted octanol–water partition coefficient (Wildman–Crippen LogP) is 3.08. The molecule has 0 saturated carbocycles. The van der Waals surface area contributed by atoms with Crippen LogP contribution in [0, 0.1) is 0 Å². The van der Waals surface area contributed by atoms with Crippen molar-refractivity contribution in [3.8, 4) is 0 Å². The molecule has 1 aromatic carbocycles. The molecule has 0 bridgehead atoms. The molecule has 1 aromatic heterocycles. The van der Waals surface area contributed by atoms with Crippen LogP contribution in [0.1, 0.15) is 11.3 Å². The number of benzene rings is 1. The number of rotatable bonds is 4. The molecule has 102 valence electrons. The zero-order valence-corrected chi connectivity index (χ0v) is 12.5. The van der Waals surface area contributed by atoms with Gasteiger partial charge in [-0.15, -0.1) is 11.3 Å². The van der Waals surface area contributed by atoms with Gasteiger partial charge in [0, 0.05) is 35.8 Å². The fourth-order valence-electron chi connectivity index (χ4n) is 2.71. The molecule has 0 aliphatic carbocycles. The Bertz CT molecular complexity index is 493. The first-order valence-corrected chi connectivity index (χ1v) is 8.01. The molecule has 1 aliphatic rings. The minimum atomic E-state index is 1.23. The molecular formula is C16H22N2S. The first-order chi connectivity index (χ1) is 9.31. The number of thiophene rings is 1. The predicted molar refractivity (Wildman–Crippen MR) is 84.1 cm³/mol. The van der Waals surface area contributed by atoms with E-state index in [1.807, 2.05) is 11.3 Å². The Morgan fingerprint density at radius 1 is 1.11 bits per heavy atom. The Labute approximate surface area is 119 Å². The second kappa shape index (κ2) is 6.04. The minimum Gasteiger partial charge on any atom is -0.304 e. The van der Waals surface area contributed by atoms with E-state index in [1.54, 1.807) is 0 Å². The van der Waals surface area contributed by atoms with E-state index < -0.39 is 0 Å². The molecule has 0 unspecified atom stereocenters. The SMILES string of the molecule is CN1CCN(CCCc2cc3ccccc3s2)CC1. The monoisotopic (exact) mass is 274 g/mol. The number of hydrogen-bond acceptors (Lipinski definition) is 3. The number of aryl methyl sites for hydroxylation is 1. The van der Waals surface area contributed by atoms with E-state index in [0.717, 1.165) is 0 Å². The number of hydrogen-bond donors (Lipinski definition) is 0. The van der Waals surface area contributed by atoms with Crippen molar-refractivity contribution in [1.29, 1.82) is 0 Å². The molecule has 3 heteroatoms. The van der Waals surface area contributed by atoms with Gasteiger partial charge in [0.1, 0.15) is 0 Å². The molecule has 2 aromatic rings. The van der Waals surface area contributed by atoms with Gasteiger partial charge in [0.15, 0.2) is 0 Å². The van der Waals surface area contributed by atoms with E-state index in [1.165, 1.54) is 60.5 Å². The van der Waals surface area contributed by atoms with Crippen molar-refractivity contribution in [2.75, 3.05) is 39.8 Å². The van der Waals surface area contributed by atoms with Gasteiger partial charge < -0.3 is 9.80 Å². The maximum absolute atomic E-state index is 2.60. The lowest BCUT2D eigenvalue weighted by molar-refractivity contribution is 0.153. The maximum Gasteiger partial charge on any atom is 0.0345 e. The van der Waals surface area contributed by atoms with Crippen molar-refractivity contribution >= 4 is 21.4 Å². The highest BCUT2D eigenvalue weighted by Crippen LogP contribution is 2.26. The van der Waals surface area contributed by atoms with Crippen LogP contribution in [-0.2, 0) is 6.42 Å². The summed E-state index contributed by atoms with van der Waals surface area (Å²) in [6.07, 6.45) is 2.52. The van der Waals surface area contributed by atoms with Crippen molar-refractivity contribution in [2.24, 2.45) is 0 Å². The van der Waals surface area contributed by atoms with Gasteiger partial charge in [-0.25, -0.2) is 0 Å². The van der Waals surface area contributed by atoms with Crippen molar-refractivity contribution in [2.45, 2.75) is 12.8 Å². The third kappa shape index (κ3) is 3.35. The Balaban J connectivity index is 1.49. The van der Waals surface area contributed by atoms with Crippen LogP contribution < -0.4 is 0 Å². The Kier molecular flexibility index (Phi) is 4.16. The van der Waals surface area contributed by atoms with Crippen molar-refractivity contribution < 1.29 is 0 Å². The summed E-state index contributed by atoms with van der Waals surface area (Å²) in [6, 6.07) is 11.1. The van der Waals surface area contributed by atoms with Crippen molar-refractivity contribution in [3.63, 3.8) is 0 Å². The molecule has 1 fully saturated rings. The number of nitrogens with zero attached hydrogens (tertiary/aromatic N) is 2. The number of likely N-dealkylation sites (N-methyl/N-ethyl adjacent to an activating group) is 1. The van der Waals surface area contributed by atoms with Crippen LogP contribution in [0.3, 0.4) is 0 Å².